The molecule has 3 aromatic rings. The summed E-state index contributed by atoms with van der Waals surface area (Å²) in [6, 6.07) is 11.2. The number of rotatable bonds is 3. The maximum atomic E-state index is 13.7. The van der Waals surface area contributed by atoms with E-state index in [0.717, 1.165) is 18.2 Å². The van der Waals surface area contributed by atoms with E-state index >= 15 is 0 Å². The Hall–Kier alpha value is -2.66. The van der Waals surface area contributed by atoms with Crippen LogP contribution in [-0.2, 0) is 0 Å². The molecule has 23 heavy (non-hydrogen) atoms. The first kappa shape index (κ1) is 15.2. The Kier molecular flexibility index (Phi) is 4.12. The van der Waals surface area contributed by atoms with E-state index in [4.69, 9.17) is 11.6 Å². The summed E-state index contributed by atoms with van der Waals surface area (Å²) in [4.78, 5) is 12.2. The lowest BCUT2D eigenvalue weighted by atomic mass is 10.1. The van der Waals surface area contributed by atoms with Crippen molar-refractivity contribution in [2.75, 3.05) is 5.32 Å². The zero-order valence-corrected chi connectivity index (χ0v) is 12.5. The molecule has 1 amide bonds. The molecule has 3 nitrogen and oxygen atoms in total. The van der Waals surface area contributed by atoms with Gasteiger partial charge in [0.15, 0.2) is 0 Å². The minimum atomic E-state index is -0.791. The molecule has 2 aromatic carbocycles. The molecule has 6 heteroatoms. The lowest BCUT2D eigenvalue weighted by Crippen LogP contribution is -2.15. The Morgan fingerprint density at radius 2 is 1.78 bits per heavy atom. The SMILES string of the molecule is O=C(Nc1ccc(Cl)cc1-n1cccc1)c1cc(F)ccc1F. The van der Waals surface area contributed by atoms with E-state index < -0.39 is 17.5 Å². The smallest absolute Gasteiger partial charge is 0.258 e. The van der Waals surface area contributed by atoms with Crippen LogP contribution in [0.4, 0.5) is 14.5 Å². The number of hydrogen-bond acceptors (Lipinski definition) is 1. The van der Waals surface area contributed by atoms with Crippen LogP contribution in [0.3, 0.4) is 0 Å². The van der Waals surface area contributed by atoms with Gasteiger partial charge in [0.1, 0.15) is 11.6 Å². The summed E-state index contributed by atoms with van der Waals surface area (Å²) < 4.78 is 28.7. The Morgan fingerprint density at radius 3 is 2.52 bits per heavy atom. The highest BCUT2D eigenvalue weighted by atomic mass is 35.5. The van der Waals surface area contributed by atoms with Gasteiger partial charge in [-0.15, -0.1) is 0 Å². The first-order valence-electron chi connectivity index (χ1n) is 6.74. The zero-order valence-electron chi connectivity index (χ0n) is 11.8. The van der Waals surface area contributed by atoms with Crippen LogP contribution in [0.2, 0.25) is 5.02 Å². The van der Waals surface area contributed by atoms with Crippen molar-refractivity contribution in [2.45, 2.75) is 0 Å². The summed E-state index contributed by atoms with van der Waals surface area (Å²) in [5, 5.41) is 3.07. The average Bonchev–Trinajstić information content (AvgIpc) is 3.05. The molecule has 0 aliphatic rings. The molecule has 1 heterocycles. The molecular formula is C17H11ClF2N2O. The fraction of sp³-hybridized carbons (Fsp3) is 0. The van der Waals surface area contributed by atoms with Gasteiger partial charge in [-0.3, -0.25) is 4.79 Å². The highest BCUT2D eigenvalue weighted by Gasteiger charge is 2.15. The molecule has 3 rings (SSSR count). The number of aromatic nitrogens is 1. The molecule has 0 saturated carbocycles. The highest BCUT2D eigenvalue weighted by Crippen LogP contribution is 2.25. The van der Waals surface area contributed by atoms with Crippen LogP contribution in [0.15, 0.2) is 60.9 Å². The average molecular weight is 333 g/mol. The van der Waals surface area contributed by atoms with Gasteiger partial charge in [0.25, 0.3) is 5.91 Å². The van der Waals surface area contributed by atoms with Crippen LogP contribution >= 0.6 is 11.6 Å². The Bertz CT molecular complexity index is 863. The molecule has 0 aliphatic carbocycles. The van der Waals surface area contributed by atoms with E-state index in [0.29, 0.717) is 16.4 Å². The van der Waals surface area contributed by atoms with Gasteiger partial charge in [-0.05, 0) is 48.5 Å². The number of nitrogens with one attached hydrogen (secondary N) is 1. The number of carbonyl (C=O) groups is 1. The summed E-state index contributed by atoms with van der Waals surface area (Å²) in [6.07, 6.45) is 3.56. The molecule has 1 N–H and O–H groups in total. The van der Waals surface area contributed by atoms with Crippen LogP contribution in [0.1, 0.15) is 10.4 Å². The third-order valence-corrected chi connectivity index (χ3v) is 3.50. The van der Waals surface area contributed by atoms with Gasteiger partial charge in [-0.1, -0.05) is 11.6 Å². The van der Waals surface area contributed by atoms with Crippen LogP contribution in [-0.4, -0.2) is 10.5 Å². The van der Waals surface area contributed by atoms with Crippen molar-refractivity contribution in [1.29, 1.82) is 0 Å². The Labute approximate surface area is 136 Å². The van der Waals surface area contributed by atoms with Crippen LogP contribution < -0.4 is 5.32 Å². The minimum Gasteiger partial charge on any atom is -0.322 e. The first-order valence-corrected chi connectivity index (χ1v) is 7.12. The maximum absolute atomic E-state index is 13.7. The second-order valence-electron chi connectivity index (χ2n) is 4.83. The van der Waals surface area contributed by atoms with E-state index in [1.165, 1.54) is 0 Å². The third kappa shape index (κ3) is 3.24. The molecular weight excluding hydrogens is 322 g/mol. The van der Waals surface area contributed by atoms with Gasteiger partial charge in [-0.2, -0.15) is 0 Å². The molecule has 0 bridgehead atoms. The minimum absolute atomic E-state index is 0.363. The third-order valence-electron chi connectivity index (χ3n) is 3.26. The van der Waals surface area contributed by atoms with Crippen molar-refractivity contribution in [3.8, 4) is 5.69 Å². The van der Waals surface area contributed by atoms with Gasteiger partial charge in [0, 0.05) is 17.4 Å². The molecule has 0 atom stereocenters. The fourth-order valence-electron chi connectivity index (χ4n) is 2.18. The van der Waals surface area contributed by atoms with E-state index in [1.54, 1.807) is 35.2 Å². The fourth-order valence-corrected chi connectivity index (χ4v) is 2.35. The number of nitrogens with zero attached hydrogens (tertiary/aromatic N) is 1. The highest BCUT2D eigenvalue weighted by molar-refractivity contribution is 6.31. The molecule has 0 saturated heterocycles. The summed E-state index contributed by atoms with van der Waals surface area (Å²) in [7, 11) is 0. The van der Waals surface area contributed by atoms with Crippen molar-refractivity contribution in [3.05, 3.63) is 83.1 Å². The van der Waals surface area contributed by atoms with Gasteiger partial charge >= 0.3 is 0 Å². The van der Waals surface area contributed by atoms with Gasteiger partial charge in [0.2, 0.25) is 0 Å². The number of hydrogen-bond donors (Lipinski definition) is 1. The molecule has 0 unspecified atom stereocenters. The lowest BCUT2D eigenvalue weighted by Gasteiger charge is -2.13. The summed E-state index contributed by atoms with van der Waals surface area (Å²) in [5.74, 6) is -2.21. The van der Waals surface area contributed by atoms with E-state index in [2.05, 4.69) is 5.32 Å². The molecule has 0 fully saturated rings. The monoisotopic (exact) mass is 332 g/mol. The van der Waals surface area contributed by atoms with Crippen molar-refractivity contribution in [1.82, 2.24) is 4.57 Å². The topological polar surface area (TPSA) is 34.0 Å². The van der Waals surface area contributed by atoms with Crippen molar-refractivity contribution in [2.24, 2.45) is 0 Å². The Morgan fingerprint density at radius 1 is 1.04 bits per heavy atom. The van der Waals surface area contributed by atoms with Crippen LogP contribution in [0, 0.1) is 11.6 Å². The second-order valence-corrected chi connectivity index (χ2v) is 5.27. The van der Waals surface area contributed by atoms with Gasteiger partial charge in [-0.25, -0.2) is 8.78 Å². The number of carbonyl (C=O) groups excluding carboxylic acids is 1. The quantitative estimate of drug-likeness (QED) is 0.743. The molecule has 1 aromatic heterocycles. The molecule has 0 aliphatic heterocycles. The molecule has 116 valence electrons. The van der Waals surface area contributed by atoms with E-state index in [1.807, 2.05) is 12.1 Å². The number of halogens is 3. The van der Waals surface area contributed by atoms with E-state index in [9.17, 15) is 13.6 Å². The zero-order chi connectivity index (χ0) is 16.4. The standard InChI is InChI=1S/C17H11ClF2N2O/c18-11-3-6-15(16(9-11)22-7-1-2-8-22)21-17(23)13-10-12(19)4-5-14(13)20/h1-10H,(H,21,23). The largest absolute Gasteiger partial charge is 0.322 e. The van der Waals surface area contributed by atoms with Crippen LogP contribution in [0.25, 0.3) is 5.69 Å². The lowest BCUT2D eigenvalue weighted by molar-refractivity contribution is 0.102. The summed E-state index contributed by atoms with van der Waals surface area (Å²) in [6.45, 7) is 0. The van der Waals surface area contributed by atoms with Crippen molar-refractivity contribution in [3.63, 3.8) is 0 Å². The number of benzene rings is 2. The maximum Gasteiger partial charge on any atom is 0.258 e. The van der Waals surface area contributed by atoms with Crippen LogP contribution in [0.5, 0.6) is 0 Å². The number of amides is 1. The van der Waals surface area contributed by atoms with Crippen molar-refractivity contribution >= 4 is 23.2 Å². The first-order chi connectivity index (χ1) is 11.0. The molecule has 0 radical (unpaired) electrons. The second kappa shape index (κ2) is 6.22. The van der Waals surface area contributed by atoms with Gasteiger partial charge in [0.05, 0.1) is 16.9 Å². The summed E-state index contributed by atoms with van der Waals surface area (Å²) in [5.41, 5.74) is 0.685. The predicted molar refractivity (Wildman–Crippen MR) is 85.1 cm³/mol. The number of anilines is 1. The Balaban J connectivity index is 1.97. The molecule has 0 spiro atoms. The normalized spacial score (nSPS) is 10.6. The predicted octanol–water partition coefficient (Wildman–Crippen LogP) is 4.66. The summed E-state index contributed by atoms with van der Waals surface area (Å²) >= 11 is 6.00. The van der Waals surface area contributed by atoms with Crippen molar-refractivity contribution < 1.29 is 13.6 Å². The van der Waals surface area contributed by atoms with Gasteiger partial charge < -0.3 is 9.88 Å². The van der Waals surface area contributed by atoms with E-state index in [-0.39, 0.29) is 5.56 Å².